The molecule has 0 aromatic heterocycles. The third-order valence-electron chi connectivity index (χ3n) is 4.36. The van der Waals surface area contributed by atoms with Crippen molar-refractivity contribution in [2.45, 2.75) is 57.2 Å². The van der Waals surface area contributed by atoms with Gasteiger partial charge in [-0.2, -0.15) is 0 Å². The summed E-state index contributed by atoms with van der Waals surface area (Å²) >= 11 is 0. The van der Waals surface area contributed by atoms with E-state index in [4.69, 9.17) is 0 Å². The van der Waals surface area contributed by atoms with E-state index in [1.165, 1.54) is 0 Å². The summed E-state index contributed by atoms with van der Waals surface area (Å²) < 4.78 is 27.0. The maximum absolute atomic E-state index is 13.5. The van der Waals surface area contributed by atoms with Crippen LogP contribution in [0.5, 0.6) is 0 Å². The average molecular weight is 262 g/mol. The van der Waals surface area contributed by atoms with Crippen molar-refractivity contribution in [2.75, 3.05) is 26.2 Å². The Morgan fingerprint density at radius 1 is 1.17 bits per heavy atom. The zero-order chi connectivity index (χ0) is 13.3. The van der Waals surface area contributed by atoms with E-state index in [0.717, 1.165) is 26.2 Å². The highest BCUT2D eigenvalue weighted by Gasteiger charge is 2.48. The molecule has 106 valence electrons. The van der Waals surface area contributed by atoms with Crippen molar-refractivity contribution in [3.8, 4) is 0 Å². The molecule has 0 aromatic carbocycles. The molecule has 0 unspecified atom stereocenters. The Kier molecular flexibility index (Phi) is 4.24. The standard InChI is InChI=1S/C13H24F2N2O/c1-10(2)16-6-8-17(9-7-16)11-4-3-5-13(14,15)12(11)18/h10-12,18H,3-9H2,1-2H3/t11-,12-/m0/s1. The van der Waals surface area contributed by atoms with Crippen molar-refractivity contribution >= 4 is 0 Å². The molecule has 2 rings (SSSR count). The lowest BCUT2D eigenvalue weighted by molar-refractivity contribution is -0.165. The summed E-state index contributed by atoms with van der Waals surface area (Å²) in [4.78, 5) is 4.40. The van der Waals surface area contributed by atoms with E-state index in [1.807, 2.05) is 0 Å². The van der Waals surface area contributed by atoms with Crippen LogP contribution in [0.1, 0.15) is 33.1 Å². The molecule has 18 heavy (non-hydrogen) atoms. The third kappa shape index (κ3) is 2.83. The monoisotopic (exact) mass is 262 g/mol. The molecule has 1 aliphatic heterocycles. The molecule has 0 spiro atoms. The van der Waals surface area contributed by atoms with Gasteiger partial charge in [-0.3, -0.25) is 9.80 Å². The number of nitrogens with zero attached hydrogens (tertiary/aromatic N) is 2. The lowest BCUT2D eigenvalue weighted by atomic mass is 9.87. The zero-order valence-electron chi connectivity index (χ0n) is 11.3. The number of aliphatic hydroxyl groups excluding tert-OH is 1. The minimum absolute atomic E-state index is 0.170. The number of alkyl halides is 2. The summed E-state index contributed by atoms with van der Waals surface area (Å²) in [6.45, 7) is 7.70. The predicted molar refractivity (Wildman–Crippen MR) is 66.9 cm³/mol. The number of halogens is 2. The van der Waals surface area contributed by atoms with Gasteiger partial charge in [0.05, 0.1) is 0 Å². The predicted octanol–water partition coefficient (Wildman–Crippen LogP) is 1.56. The van der Waals surface area contributed by atoms with Crippen LogP contribution in [0.15, 0.2) is 0 Å². The van der Waals surface area contributed by atoms with Gasteiger partial charge >= 0.3 is 0 Å². The van der Waals surface area contributed by atoms with Crippen LogP contribution in [0, 0.1) is 0 Å². The van der Waals surface area contributed by atoms with Gasteiger partial charge in [0.1, 0.15) is 6.10 Å². The summed E-state index contributed by atoms with van der Waals surface area (Å²) in [5.74, 6) is -2.90. The molecule has 1 heterocycles. The first-order chi connectivity index (χ1) is 8.42. The van der Waals surface area contributed by atoms with Crippen LogP contribution in [0.25, 0.3) is 0 Å². The van der Waals surface area contributed by atoms with Crippen molar-refractivity contribution in [3.05, 3.63) is 0 Å². The van der Waals surface area contributed by atoms with Gasteiger partial charge < -0.3 is 5.11 Å². The molecule has 5 heteroatoms. The smallest absolute Gasteiger partial charge is 0.275 e. The van der Waals surface area contributed by atoms with E-state index < -0.39 is 12.0 Å². The summed E-state index contributed by atoms with van der Waals surface area (Å²) in [6, 6.07) is 0.146. The van der Waals surface area contributed by atoms with Crippen LogP contribution >= 0.6 is 0 Å². The first kappa shape index (κ1) is 14.2. The van der Waals surface area contributed by atoms with Gasteiger partial charge in [0.15, 0.2) is 0 Å². The van der Waals surface area contributed by atoms with E-state index in [0.29, 0.717) is 18.9 Å². The maximum Gasteiger partial charge on any atom is 0.275 e. The second-order valence-electron chi connectivity index (χ2n) is 5.83. The van der Waals surface area contributed by atoms with Gasteiger partial charge in [0, 0.05) is 44.7 Å². The summed E-state index contributed by atoms with van der Waals surface area (Å²) in [5.41, 5.74) is 0. The first-order valence-electron chi connectivity index (χ1n) is 6.96. The molecule has 1 saturated heterocycles. The number of aliphatic hydroxyl groups is 1. The molecule has 0 bridgehead atoms. The minimum atomic E-state index is -2.90. The van der Waals surface area contributed by atoms with Crippen molar-refractivity contribution in [3.63, 3.8) is 0 Å². The molecular weight excluding hydrogens is 238 g/mol. The normalized spacial score (nSPS) is 35.0. The van der Waals surface area contributed by atoms with Crippen LogP contribution in [-0.2, 0) is 0 Å². The fourth-order valence-corrected chi connectivity index (χ4v) is 3.10. The highest BCUT2D eigenvalue weighted by molar-refractivity contribution is 4.94. The molecule has 0 amide bonds. The summed E-state index contributed by atoms with van der Waals surface area (Å²) in [7, 11) is 0. The highest BCUT2D eigenvalue weighted by atomic mass is 19.3. The quantitative estimate of drug-likeness (QED) is 0.818. The SMILES string of the molecule is CC(C)N1CCN([C@H]2CCCC(F)(F)[C@H]2O)CC1. The fraction of sp³-hybridized carbons (Fsp3) is 1.00. The number of hydrogen-bond donors (Lipinski definition) is 1. The van der Waals surface area contributed by atoms with Gasteiger partial charge in [-0.05, 0) is 26.7 Å². The van der Waals surface area contributed by atoms with Crippen molar-refractivity contribution in [2.24, 2.45) is 0 Å². The van der Waals surface area contributed by atoms with E-state index >= 15 is 0 Å². The van der Waals surface area contributed by atoms with Gasteiger partial charge in [0.25, 0.3) is 5.92 Å². The number of piperazine rings is 1. The fourth-order valence-electron chi connectivity index (χ4n) is 3.10. The topological polar surface area (TPSA) is 26.7 Å². The lowest BCUT2D eigenvalue weighted by Crippen LogP contribution is -2.59. The first-order valence-corrected chi connectivity index (χ1v) is 6.96. The van der Waals surface area contributed by atoms with Crippen LogP contribution in [0.3, 0.4) is 0 Å². The van der Waals surface area contributed by atoms with E-state index in [1.54, 1.807) is 0 Å². The van der Waals surface area contributed by atoms with Crippen molar-refractivity contribution in [1.29, 1.82) is 0 Å². The van der Waals surface area contributed by atoms with Crippen LogP contribution < -0.4 is 0 Å². The largest absolute Gasteiger partial charge is 0.385 e. The molecule has 2 atom stereocenters. The molecular formula is C13H24F2N2O. The summed E-state index contributed by atoms with van der Waals surface area (Å²) in [6.07, 6.45) is -0.453. The Labute approximate surface area is 108 Å². The van der Waals surface area contributed by atoms with Crippen molar-refractivity contribution in [1.82, 2.24) is 9.80 Å². The Balaban J connectivity index is 1.93. The third-order valence-corrected chi connectivity index (χ3v) is 4.36. The van der Waals surface area contributed by atoms with Gasteiger partial charge in [-0.25, -0.2) is 8.78 Å². The second kappa shape index (κ2) is 5.39. The highest BCUT2D eigenvalue weighted by Crippen LogP contribution is 2.36. The number of rotatable bonds is 2. The van der Waals surface area contributed by atoms with Crippen LogP contribution in [0.4, 0.5) is 8.78 Å². The molecule has 2 fully saturated rings. The lowest BCUT2D eigenvalue weighted by Gasteiger charge is -2.45. The zero-order valence-corrected chi connectivity index (χ0v) is 11.3. The Morgan fingerprint density at radius 2 is 1.78 bits per heavy atom. The second-order valence-corrected chi connectivity index (χ2v) is 5.83. The van der Waals surface area contributed by atoms with E-state index in [-0.39, 0.29) is 12.5 Å². The average Bonchev–Trinajstić information content (AvgIpc) is 2.33. The molecule has 3 nitrogen and oxygen atoms in total. The van der Waals surface area contributed by atoms with Gasteiger partial charge in [-0.15, -0.1) is 0 Å². The molecule has 0 radical (unpaired) electrons. The van der Waals surface area contributed by atoms with E-state index in [9.17, 15) is 13.9 Å². The Hall–Kier alpha value is -0.260. The molecule has 1 N–H and O–H groups in total. The van der Waals surface area contributed by atoms with Gasteiger partial charge in [-0.1, -0.05) is 0 Å². The van der Waals surface area contributed by atoms with E-state index in [2.05, 4.69) is 23.6 Å². The Bertz CT molecular complexity index is 278. The molecule has 0 aromatic rings. The summed E-state index contributed by atoms with van der Waals surface area (Å²) in [5, 5.41) is 9.82. The molecule has 2 aliphatic rings. The Morgan fingerprint density at radius 3 is 2.33 bits per heavy atom. The van der Waals surface area contributed by atoms with Crippen LogP contribution in [0.2, 0.25) is 0 Å². The van der Waals surface area contributed by atoms with Gasteiger partial charge in [0.2, 0.25) is 0 Å². The maximum atomic E-state index is 13.5. The molecule has 1 saturated carbocycles. The molecule has 1 aliphatic carbocycles. The van der Waals surface area contributed by atoms with Crippen LogP contribution in [-0.4, -0.2) is 65.2 Å². The number of hydrogen-bond acceptors (Lipinski definition) is 3. The minimum Gasteiger partial charge on any atom is -0.385 e. The van der Waals surface area contributed by atoms with Crippen molar-refractivity contribution < 1.29 is 13.9 Å².